The summed E-state index contributed by atoms with van der Waals surface area (Å²) in [6.45, 7) is 1.71. The standard InChI is InChI=1S/C30H27F3N2O5/c1-2-34-13-18(36)7-16-9-22-26(11-24(16)34)40-27-12-25-17(8-19(37)14-35(25)15-30(31,32)33)10-23(27)28(22)20-5-3-4-6-21(20)29(38)39/h3-6,9-12,18-19,36-37H,2,7-8,13-15H2,1H3/p+1/t18-,19+/m0/s1. The van der Waals surface area contributed by atoms with E-state index in [2.05, 4.69) is 0 Å². The second-order valence-corrected chi connectivity index (χ2v) is 10.5. The number of carboxylic acid groups (broad SMARTS) is 1. The third-order valence-electron chi connectivity index (χ3n) is 7.75. The third kappa shape index (κ3) is 4.61. The highest BCUT2D eigenvalue weighted by Crippen LogP contribution is 2.42. The molecular formula is C30H28F3N2O5+. The molecule has 40 heavy (non-hydrogen) atoms. The molecule has 10 heteroatoms. The summed E-state index contributed by atoms with van der Waals surface area (Å²) >= 11 is 0. The molecule has 0 saturated carbocycles. The average molecular weight is 554 g/mol. The van der Waals surface area contributed by atoms with Crippen LogP contribution in [0.15, 0.2) is 48.5 Å². The molecule has 0 aliphatic carbocycles. The van der Waals surface area contributed by atoms with E-state index in [1.807, 2.05) is 24.0 Å². The maximum atomic E-state index is 13.4. The highest BCUT2D eigenvalue weighted by atomic mass is 19.4. The third-order valence-corrected chi connectivity index (χ3v) is 7.75. The van der Waals surface area contributed by atoms with Crippen molar-refractivity contribution in [2.75, 3.05) is 31.1 Å². The Labute approximate surface area is 227 Å². The van der Waals surface area contributed by atoms with Crippen molar-refractivity contribution in [1.29, 1.82) is 0 Å². The first-order chi connectivity index (χ1) is 19.0. The Hall–Kier alpha value is -3.89. The number of aliphatic hydroxyl groups excluding tert-OH is 2. The van der Waals surface area contributed by atoms with Gasteiger partial charge in [0, 0.05) is 59.6 Å². The summed E-state index contributed by atoms with van der Waals surface area (Å²) in [6, 6.07) is 13.6. The van der Waals surface area contributed by atoms with Crippen LogP contribution in [0.25, 0.3) is 5.57 Å². The molecule has 0 saturated heterocycles. The van der Waals surface area contributed by atoms with Crippen LogP contribution in [-0.2, 0) is 12.8 Å². The number of anilines is 1. The summed E-state index contributed by atoms with van der Waals surface area (Å²) in [6.07, 6.45) is -5.46. The number of nitrogens with zero attached hydrogens (tertiary/aromatic N) is 2. The lowest BCUT2D eigenvalue weighted by molar-refractivity contribution is -0.130. The number of fused-ring (bicyclic) bond motifs is 4. The number of ether oxygens (including phenoxy) is 1. The minimum atomic E-state index is -4.47. The molecule has 0 spiro atoms. The number of hydrogen-bond acceptors (Lipinski definition) is 5. The minimum absolute atomic E-state index is 0.0701. The maximum absolute atomic E-state index is 13.4. The summed E-state index contributed by atoms with van der Waals surface area (Å²) in [5.41, 5.74) is 4.01. The largest absolute Gasteiger partial charge is 0.478 e. The van der Waals surface area contributed by atoms with Crippen LogP contribution in [-0.4, -0.2) is 65.9 Å². The van der Waals surface area contributed by atoms with Gasteiger partial charge in [0.15, 0.2) is 6.54 Å². The zero-order valence-corrected chi connectivity index (χ0v) is 21.7. The number of carbonyl (C=O) groups is 1. The van der Waals surface area contributed by atoms with Crippen LogP contribution in [0.5, 0.6) is 11.5 Å². The number of halogens is 3. The van der Waals surface area contributed by atoms with E-state index in [1.54, 1.807) is 30.3 Å². The molecule has 2 atom stereocenters. The Morgan fingerprint density at radius 3 is 2.50 bits per heavy atom. The summed E-state index contributed by atoms with van der Waals surface area (Å²) in [4.78, 5) is 14.3. The smallest absolute Gasteiger partial charge is 0.448 e. The van der Waals surface area contributed by atoms with Crippen LogP contribution < -0.4 is 24.8 Å². The number of benzene rings is 3. The molecule has 3 N–H and O–H groups in total. The van der Waals surface area contributed by atoms with Crippen LogP contribution in [0, 0.1) is 0 Å². The summed E-state index contributed by atoms with van der Waals surface area (Å²) < 4.78 is 47.7. The van der Waals surface area contributed by atoms with E-state index in [0.717, 1.165) is 15.8 Å². The molecule has 3 aliphatic rings. The van der Waals surface area contributed by atoms with Crippen LogP contribution in [0.1, 0.15) is 39.5 Å². The molecular weight excluding hydrogens is 525 g/mol. The van der Waals surface area contributed by atoms with Gasteiger partial charge in [0.05, 0.1) is 17.7 Å². The minimum Gasteiger partial charge on any atom is -0.478 e. The summed E-state index contributed by atoms with van der Waals surface area (Å²) in [7, 11) is 0. The molecule has 208 valence electrons. The molecule has 7 nitrogen and oxygen atoms in total. The van der Waals surface area contributed by atoms with Crippen molar-refractivity contribution in [2.45, 2.75) is 38.1 Å². The van der Waals surface area contributed by atoms with Gasteiger partial charge in [0.25, 0.3) is 0 Å². The van der Waals surface area contributed by atoms with Crippen molar-refractivity contribution >= 4 is 17.2 Å². The van der Waals surface area contributed by atoms with E-state index < -0.39 is 30.9 Å². The van der Waals surface area contributed by atoms with Gasteiger partial charge in [-0.05, 0) is 36.2 Å². The van der Waals surface area contributed by atoms with Crippen molar-refractivity contribution in [2.24, 2.45) is 0 Å². The van der Waals surface area contributed by atoms with E-state index in [0.29, 0.717) is 63.8 Å². The molecule has 6 rings (SSSR count). The first-order valence-electron chi connectivity index (χ1n) is 13.2. The molecule has 3 aliphatic heterocycles. The van der Waals surface area contributed by atoms with Gasteiger partial charge in [0.2, 0.25) is 11.9 Å². The molecule has 3 aromatic carbocycles. The van der Waals surface area contributed by atoms with Gasteiger partial charge in [-0.3, -0.25) is 0 Å². The lowest BCUT2D eigenvalue weighted by atomic mass is 9.86. The summed E-state index contributed by atoms with van der Waals surface area (Å²) in [5, 5.41) is 31.8. The van der Waals surface area contributed by atoms with Crippen LogP contribution in [0.2, 0.25) is 0 Å². The molecule has 0 bridgehead atoms. The zero-order valence-electron chi connectivity index (χ0n) is 21.7. The van der Waals surface area contributed by atoms with E-state index in [-0.39, 0.29) is 18.5 Å². The topological polar surface area (TPSA) is 93.2 Å². The molecule has 3 aromatic rings. The fourth-order valence-corrected chi connectivity index (χ4v) is 6.15. The number of hydrogen-bond donors (Lipinski definition) is 3. The van der Waals surface area contributed by atoms with E-state index in [9.17, 15) is 33.3 Å². The Kier molecular flexibility index (Phi) is 6.35. The van der Waals surface area contributed by atoms with Gasteiger partial charge in [-0.2, -0.15) is 13.2 Å². The predicted octanol–water partition coefficient (Wildman–Crippen LogP) is 2.45. The quantitative estimate of drug-likeness (QED) is 0.337. The second kappa shape index (κ2) is 9.64. The van der Waals surface area contributed by atoms with Gasteiger partial charge in [-0.1, -0.05) is 18.2 Å². The fourth-order valence-electron chi connectivity index (χ4n) is 6.15. The monoisotopic (exact) mass is 553 g/mol. The van der Waals surface area contributed by atoms with Gasteiger partial charge < -0.3 is 25.0 Å². The van der Waals surface area contributed by atoms with Gasteiger partial charge in [-0.25, -0.2) is 9.37 Å². The van der Waals surface area contributed by atoms with E-state index >= 15 is 0 Å². The van der Waals surface area contributed by atoms with Crippen molar-refractivity contribution in [1.82, 2.24) is 4.58 Å². The number of likely N-dealkylation sites (N-methyl/N-ethyl adjacent to an activating group) is 1. The fraction of sp³-hybridized carbons (Fsp3) is 0.333. The normalized spacial score (nSPS) is 19.8. The highest BCUT2D eigenvalue weighted by molar-refractivity contribution is 5.98. The first-order valence-corrected chi connectivity index (χ1v) is 13.2. The first kappa shape index (κ1) is 26.3. The van der Waals surface area contributed by atoms with Crippen molar-refractivity contribution < 1.29 is 38.0 Å². The Bertz CT molecular complexity index is 1670. The Balaban J connectivity index is 1.69. The van der Waals surface area contributed by atoms with Crippen molar-refractivity contribution in [3.8, 4) is 11.5 Å². The molecule has 3 heterocycles. The van der Waals surface area contributed by atoms with Gasteiger partial charge in [0.1, 0.15) is 17.6 Å². The average Bonchev–Trinajstić information content (AvgIpc) is 2.88. The molecule has 0 unspecified atom stereocenters. The zero-order chi connectivity index (χ0) is 28.3. The maximum Gasteiger partial charge on any atom is 0.448 e. The molecule has 0 aromatic heterocycles. The second-order valence-electron chi connectivity index (χ2n) is 10.5. The number of carboxylic acids is 1. The Morgan fingerprint density at radius 1 is 1.02 bits per heavy atom. The molecule has 0 amide bonds. The van der Waals surface area contributed by atoms with Gasteiger partial charge >= 0.3 is 12.1 Å². The van der Waals surface area contributed by atoms with E-state index in [1.165, 1.54) is 6.07 Å². The van der Waals surface area contributed by atoms with Gasteiger partial charge in [-0.15, -0.1) is 0 Å². The van der Waals surface area contributed by atoms with Crippen molar-refractivity contribution in [3.05, 3.63) is 86.9 Å². The van der Waals surface area contributed by atoms with Crippen LogP contribution in [0.3, 0.4) is 0 Å². The van der Waals surface area contributed by atoms with Crippen LogP contribution in [0.4, 0.5) is 18.9 Å². The molecule has 0 radical (unpaired) electrons. The van der Waals surface area contributed by atoms with E-state index in [4.69, 9.17) is 4.74 Å². The summed E-state index contributed by atoms with van der Waals surface area (Å²) in [5.74, 6) is -0.355. The number of rotatable bonds is 4. The lowest BCUT2D eigenvalue weighted by Gasteiger charge is -2.35. The number of aromatic carboxylic acids is 1. The molecule has 0 fully saturated rings. The number of β-amino-alcohol motifs (C(OH)–C–C–N with tert-alkyl or cyclic N) is 2. The highest BCUT2D eigenvalue weighted by Gasteiger charge is 2.38. The number of alkyl halides is 3. The SMILES string of the molecule is CCN1C[C@@H](O)Cc2cc3c(cc21)Oc1cc2c(cc1=C3c1ccccc1C(=O)O)C[C@@H](O)C[N+]=2CC(F)(F)F. The Morgan fingerprint density at radius 2 is 1.77 bits per heavy atom. The predicted molar refractivity (Wildman–Crippen MR) is 142 cm³/mol. The van der Waals surface area contributed by atoms with Crippen molar-refractivity contribution in [3.63, 3.8) is 0 Å². The lowest BCUT2D eigenvalue weighted by Crippen LogP contribution is -2.48. The van der Waals surface area contributed by atoms with Crippen LogP contribution >= 0.6 is 0 Å². The number of aliphatic hydroxyl groups is 2.